The van der Waals surface area contributed by atoms with Crippen LogP contribution in [0.4, 0.5) is 5.69 Å². The van der Waals surface area contributed by atoms with Crippen LogP contribution in [-0.4, -0.2) is 27.4 Å². The molecule has 0 aromatic heterocycles. The minimum atomic E-state index is 0.141. The monoisotopic (exact) mass is 443 g/mol. The summed E-state index contributed by atoms with van der Waals surface area (Å²) >= 11 is 0. The van der Waals surface area contributed by atoms with Crippen molar-refractivity contribution in [2.75, 3.05) is 32.8 Å². The average Bonchev–Trinajstić information content (AvgIpc) is 3.37. The lowest BCUT2D eigenvalue weighted by atomic mass is 9.77. The van der Waals surface area contributed by atoms with Gasteiger partial charge in [0.15, 0.2) is 11.5 Å². The number of methoxy groups -OCH3 is 2. The van der Waals surface area contributed by atoms with E-state index in [0.29, 0.717) is 25.0 Å². The molecule has 0 saturated heterocycles. The quantitative estimate of drug-likeness (QED) is 0.342. The van der Waals surface area contributed by atoms with Crippen LogP contribution in [-0.2, 0) is 0 Å². The van der Waals surface area contributed by atoms with Gasteiger partial charge in [-0.15, -0.1) is 0 Å². The molecule has 0 saturated carbocycles. The van der Waals surface area contributed by atoms with Gasteiger partial charge >= 0.3 is 0 Å². The molecule has 1 aliphatic heterocycles. The van der Waals surface area contributed by atoms with Crippen LogP contribution in [0.5, 0.6) is 23.0 Å². The first-order valence-electron chi connectivity index (χ1n) is 11.4. The molecule has 1 heterocycles. The van der Waals surface area contributed by atoms with Crippen molar-refractivity contribution < 1.29 is 18.9 Å². The van der Waals surface area contributed by atoms with E-state index in [-0.39, 0.29) is 6.04 Å². The van der Waals surface area contributed by atoms with Crippen molar-refractivity contribution in [3.8, 4) is 23.0 Å². The molecule has 5 rings (SSSR count). The van der Waals surface area contributed by atoms with E-state index >= 15 is 0 Å². The summed E-state index contributed by atoms with van der Waals surface area (Å²) in [5.41, 5.74) is 3.52. The predicted molar refractivity (Wildman–Crippen MR) is 130 cm³/mol. The number of allylic oxidation sites excluding steroid dienone is 2. The molecule has 0 spiro atoms. The number of para-hydroxylation sites is 2. The molecule has 5 nitrogen and oxygen atoms in total. The predicted octanol–water partition coefficient (Wildman–Crippen LogP) is 5.99. The number of ether oxygens (including phenoxy) is 4. The van der Waals surface area contributed by atoms with Gasteiger partial charge in [0.2, 0.25) is 0 Å². The third kappa shape index (κ3) is 4.23. The zero-order valence-corrected chi connectivity index (χ0v) is 19.0. The van der Waals surface area contributed by atoms with Gasteiger partial charge < -0.3 is 24.3 Å². The Labute approximate surface area is 194 Å². The highest BCUT2D eigenvalue weighted by Crippen LogP contribution is 2.52. The van der Waals surface area contributed by atoms with Crippen LogP contribution < -0.4 is 24.3 Å². The molecule has 170 valence electrons. The zero-order valence-electron chi connectivity index (χ0n) is 19.0. The van der Waals surface area contributed by atoms with Gasteiger partial charge in [0.1, 0.15) is 24.7 Å². The molecular formula is C28H29NO4. The number of benzene rings is 3. The van der Waals surface area contributed by atoms with Crippen LogP contribution >= 0.6 is 0 Å². The number of anilines is 1. The minimum absolute atomic E-state index is 0.141. The highest BCUT2D eigenvalue weighted by molar-refractivity contribution is 5.68. The SMILES string of the molecule is COc1ccc(C2Nc3c(OCCOc4ccccc4)cccc3C3C=CCC32)cc1OC. The van der Waals surface area contributed by atoms with Gasteiger partial charge in [0.05, 0.1) is 25.9 Å². The molecule has 0 radical (unpaired) electrons. The summed E-state index contributed by atoms with van der Waals surface area (Å²) in [6.45, 7) is 0.955. The van der Waals surface area contributed by atoms with Gasteiger partial charge in [-0.05, 0) is 53.8 Å². The summed E-state index contributed by atoms with van der Waals surface area (Å²) in [6, 6.07) is 22.4. The van der Waals surface area contributed by atoms with E-state index in [2.05, 4.69) is 41.7 Å². The van der Waals surface area contributed by atoms with Gasteiger partial charge in [-0.1, -0.05) is 48.6 Å². The first kappa shape index (κ1) is 21.3. The molecule has 0 bridgehead atoms. The first-order chi connectivity index (χ1) is 16.3. The smallest absolute Gasteiger partial charge is 0.161 e. The Kier molecular flexibility index (Phi) is 6.11. The van der Waals surface area contributed by atoms with Crippen molar-refractivity contribution in [1.29, 1.82) is 0 Å². The largest absolute Gasteiger partial charge is 0.493 e. The molecule has 1 aliphatic carbocycles. The highest BCUT2D eigenvalue weighted by atomic mass is 16.5. The van der Waals surface area contributed by atoms with Crippen molar-refractivity contribution in [2.45, 2.75) is 18.4 Å². The van der Waals surface area contributed by atoms with E-state index in [0.717, 1.165) is 35.1 Å². The third-order valence-electron chi connectivity index (χ3n) is 6.48. The Bertz CT molecular complexity index is 1130. The molecule has 0 amide bonds. The Morgan fingerprint density at radius 3 is 2.45 bits per heavy atom. The van der Waals surface area contributed by atoms with Gasteiger partial charge in [-0.2, -0.15) is 0 Å². The molecule has 3 unspecified atom stereocenters. The van der Waals surface area contributed by atoms with Crippen LogP contribution in [0.1, 0.15) is 29.5 Å². The number of hydrogen-bond donors (Lipinski definition) is 1. The first-order valence-corrected chi connectivity index (χ1v) is 11.4. The standard InChI is InChI=1S/C28H29NO4/c1-30-24-15-14-19(18-26(24)31-2)27-22-11-6-10-21(22)23-12-7-13-25(28(23)29-27)33-17-16-32-20-8-4-3-5-9-20/h3-10,12-15,18,21-22,27,29H,11,16-17H2,1-2H3. The number of nitrogens with one attached hydrogen (secondary N) is 1. The molecule has 33 heavy (non-hydrogen) atoms. The molecule has 3 atom stereocenters. The second kappa shape index (κ2) is 9.49. The average molecular weight is 444 g/mol. The van der Waals surface area contributed by atoms with Gasteiger partial charge in [-0.25, -0.2) is 0 Å². The van der Waals surface area contributed by atoms with Crippen molar-refractivity contribution in [1.82, 2.24) is 0 Å². The normalized spacial score (nSPS) is 20.4. The molecule has 1 N–H and O–H groups in total. The summed E-state index contributed by atoms with van der Waals surface area (Å²) in [6.07, 6.45) is 5.66. The maximum atomic E-state index is 6.18. The maximum absolute atomic E-state index is 6.18. The van der Waals surface area contributed by atoms with Crippen LogP contribution in [0.25, 0.3) is 0 Å². The van der Waals surface area contributed by atoms with Crippen molar-refractivity contribution >= 4 is 5.69 Å². The van der Waals surface area contributed by atoms with Crippen molar-refractivity contribution in [3.05, 3.63) is 90.0 Å². The van der Waals surface area contributed by atoms with E-state index in [4.69, 9.17) is 18.9 Å². The Balaban J connectivity index is 1.38. The van der Waals surface area contributed by atoms with E-state index in [1.165, 1.54) is 11.1 Å². The lowest BCUT2D eigenvalue weighted by Gasteiger charge is -2.38. The van der Waals surface area contributed by atoms with Gasteiger partial charge in [0.25, 0.3) is 0 Å². The number of fused-ring (bicyclic) bond motifs is 3. The fourth-order valence-corrected chi connectivity index (χ4v) is 4.92. The summed E-state index contributed by atoms with van der Waals surface area (Å²) in [7, 11) is 3.34. The lowest BCUT2D eigenvalue weighted by molar-refractivity contribution is 0.217. The topological polar surface area (TPSA) is 49.0 Å². The Hall–Kier alpha value is -3.60. The lowest BCUT2D eigenvalue weighted by Crippen LogP contribution is -2.29. The van der Waals surface area contributed by atoms with Crippen molar-refractivity contribution in [3.63, 3.8) is 0 Å². The molecule has 5 heteroatoms. The zero-order chi connectivity index (χ0) is 22.6. The fourth-order valence-electron chi connectivity index (χ4n) is 4.92. The number of hydrogen-bond acceptors (Lipinski definition) is 5. The minimum Gasteiger partial charge on any atom is -0.493 e. The van der Waals surface area contributed by atoms with Crippen LogP contribution in [0.3, 0.4) is 0 Å². The van der Waals surface area contributed by atoms with Gasteiger partial charge in [-0.3, -0.25) is 0 Å². The molecular weight excluding hydrogens is 414 g/mol. The maximum Gasteiger partial charge on any atom is 0.161 e. The second-order valence-electron chi connectivity index (χ2n) is 8.32. The summed E-state index contributed by atoms with van der Waals surface area (Å²) in [5.74, 6) is 3.97. The van der Waals surface area contributed by atoms with Crippen molar-refractivity contribution in [2.24, 2.45) is 5.92 Å². The molecule has 2 aliphatic rings. The summed E-state index contributed by atoms with van der Waals surface area (Å²) < 4.78 is 23.0. The Morgan fingerprint density at radius 2 is 1.64 bits per heavy atom. The third-order valence-corrected chi connectivity index (χ3v) is 6.48. The van der Waals surface area contributed by atoms with E-state index < -0.39 is 0 Å². The van der Waals surface area contributed by atoms with Crippen LogP contribution in [0.15, 0.2) is 78.9 Å². The van der Waals surface area contributed by atoms with E-state index in [1.54, 1.807) is 14.2 Å². The van der Waals surface area contributed by atoms with E-state index in [9.17, 15) is 0 Å². The van der Waals surface area contributed by atoms with Crippen LogP contribution in [0.2, 0.25) is 0 Å². The number of rotatable bonds is 8. The van der Waals surface area contributed by atoms with Crippen LogP contribution in [0, 0.1) is 5.92 Å². The highest BCUT2D eigenvalue weighted by Gasteiger charge is 2.39. The summed E-state index contributed by atoms with van der Waals surface area (Å²) in [5, 5.41) is 3.80. The summed E-state index contributed by atoms with van der Waals surface area (Å²) in [4.78, 5) is 0. The Morgan fingerprint density at radius 1 is 0.818 bits per heavy atom. The van der Waals surface area contributed by atoms with E-state index in [1.807, 2.05) is 42.5 Å². The fraction of sp³-hybridized carbons (Fsp3) is 0.286. The molecule has 0 fully saturated rings. The molecule has 3 aromatic carbocycles. The van der Waals surface area contributed by atoms with Gasteiger partial charge in [0, 0.05) is 5.92 Å². The second-order valence-corrected chi connectivity index (χ2v) is 8.32. The molecule has 3 aromatic rings.